The zero-order valence-corrected chi connectivity index (χ0v) is 8.50. The Hall–Kier alpha value is -0.820. The van der Waals surface area contributed by atoms with Crippen LogP contribution in [-0.2, 0) is 0 Å². The van der Waals surface area contributed by atoms with Crippen LogP contribution in [0.25, 0.3) is 0 Å². The number of benzene rings is 1. The van der Waals surface area contributed by atoms with E-state index in [0.29, 0.717) is 0 Å². The fourth-order valence-corrected chi connectivity index (χ4v) is 2.31. The Morgan fingerprint density at radius 1 is 0.857 bits per heavy atom. The molecule has 2 aliphatic rings. The molecule has 0 amide bonds. The van der Waals surface area contributed by atoms with E-state index in [9.17, 15) is 0 Å². The van der Waals surface area contributed by atoms with Gasteiger partial charge in [-0.15, -0.1) is 0 Å². The van der Waals surface area contributed by atoms with Crippen molar-refractivity contribution in [2.24, 2.45) is 0 Å². The van der Waals surface area contributed by atoms with Crippen LogP contribution < -0.4 is 5.32 Å². The molecular formula is C13H17N. The van der Waals surface area contributed by atoms with Gasteiger partial charge in [-0.05, 0) is 29.9 Å². The molecule has 1 aliphatic carbocycles. The molecular weight excluding hydrogens is 170 g/mol. The van der Waals surface area contributed by atoms with E-state index in [1.165, 1.54) is 37.9 Å². The Labute approximate surface area is 85.5 Å². The molecule has 0 radical (unpaired) electrons. The van der Waals surface area contributed by atoms with Gasteiger partial charge in [-0.25, -0.2) is 0 Å². The average molecular weight is 187 g/mol. The largest absolute Gasteiger partial charge is 0.315 e. The van der Waals surface area contributed by atoms with Gasteiger partial charge >= 0.3 is 0 Å². The van der Waals surface area contributed by atoms with Crippen LogP contribution >= 0.6 is 0 Å². The summed E-state index contributed by atoms with van der Waals surface area (Å²) in [6, 6.07) is 9.35. The molecule has 2 fully saturated rings. The van der Waals surface area contributed by atoms with Crippen molar-refractivity contribution in [3.8, 4) is 0 Å². The summed E-state index contributed by atoms with van der Waals surface area (Å²) in [5, 5.41) is 3.32. The number of hydrogen-bond acceptors (Lipinski definition) is 1. The molecule has 0 atom stereocenters. The van der Waals surface area contributed by atoms with E-state index in [4.69, 9.17) is 0 Å². The van der Waals surface area contributed by atoms with Gasteiger partial charge < -0.3 is 5.32 Å². The predicted octanol–water partition coefficient (Wildman–Crippen LogP) is 2.64. The highest BCUT2D eigenvalue weighted by atomic mass is 14.9. The molecule has 1 aliphatic heterocycles. The van der Waals surface area contributed by atoms with Gasteiger partial charge in [-0.3, -0.25) is 0 Å². The van der Waals surface area contributed by atoms with Gasteiger partial charge in [-0.2, -0.15) is 0 Å². The molecule has 0 aromatic heterocycles. The topological polar surface area (TPSA) is 12.0 Å². The summed E-state index contributed by atoms with van der Waals surface area (Å²) in [5.41, 5.74) is 3.08. The molecule has 0 spiro atoms. The van der Waals surface area contributed by atoms with Crippen LogP contribution in [0.1, 0.15) is 42.2 Å². The first kappa shape index (κ1) is 8.49. The van der Waals surface area contributed by atoms with Crippen LogP contribution in [0.3, 0.4) is 0 Å². The Balaban J connectivity index is 1.75. The van der Waals surface area contributed by atoms with Crippen LogP contribution in [0.2, 0.25) is 0 Å². The normalized spacial score (nSPS) is 22.9. The van der Waals surface area contributed by atoms with Crippen molar-refractivity contribution in [2.45, 2.75) is 31.1 Å². The molecule has 1 N–H and O–H groups in total. The highest BCUT2D eigenvalue weighted by molar-refractivity contribution is 5.30. The minimum Gasteiger partial charge on any atom is -0.315 e. The molecule has 14 heavy (non-hydrogen) atoms. The summed E-state index contributed by atoms with van der Waals surface area (Å²) in [6.07, 6.45) is 4.24. The van der Waals surface area contributed by atoms with E-state index < -0.39 is 0 Å². The summed E-state index contributed by atoms with van der Waals surface area (Å²) in [6.45, 7) is 2.34. The van der Waals surface area contributed by atoms with Crippen LogP contribution in [0.15, 0.2) is 24.3 Å². The van der Waals surface area contributed by atoms with Crippen molar-refractivity contribution < 1.29 is 0 Å². The maximum absolute atomic E-state index is 3.32. The second kappa shape index (κ2) is 3.39. The van der Waals surface area contributed by atoms with E-state index in [-0.39, 0.29) is 0 Å². The minimum absolute atomic E-state index is 0.783. The Morgan fingerprint density at radius 3 is 1.79 bits per heavy atom. The third kappa shape index (κ3) is 1.36. The average Bonchev–Trinajstić information content (AvgIpc) is 2.02. The fraction of sp³-hybridized carbons (Fsp3) is 0.538. The molecule has 1 aromatic rings. The van der Waals surface area contributed by atoms with E-state index in [2.05, 4.69) is 29.6 Å². The zero-order chi connectivity index (χ0) is 9.38. The standard InChI is InChI=1S/C13H17N/c1-2-10(3-1)11-4-6-12(7-5-11)13-8-14-9-13/h4-7,10,13-14H,1-3,8-9H2. The first-order valence-corrected chi connectivity index (χ1v) is 5.74. The Kier molecular flexibility index (Phi) is 2.06. The molecule has 1 aromatic carbocycles. The van der Waals surface area contributed by atoms with Crippen molar-refractivity contribution in [1.29, 1.82) is 0 Å². The third-order valence-corrected chi connectivity index (χ3v) is 3.77. The number of hydrogen-bond donors (Lipinski definition) is 1. The van der Waals surface area contributed by atoms with Gasteiger partial charge in [-0.1, -0.05) is 30.7 Å². The highest BCUT2D eigenvalue weighted by Gasteiger charge is 2.21. The predicted molar refractivity (Wildman–Crippen MR) is 58.6 cm³/mol. The van der Waals surface area contributed by atoms with Gasteiger partial charge in [0.15, 0.2) is 0 Å². The van der Waals surface area contributed by atoms with Crippen molar-refractivity contribution in [3.63, 3.8) is 0 Å². The lowest BCUT2D eigenvalue weighted by atomic mass is 9.79. The van der Waals surface area contributed by atoms with Crippen molar-refractivity contribution in [1.82, 2.24) is 5.32 Å². The molecule has 1 saturated heterocycles. The fourth-order valence-electron chi connectivity index (χ4n) is 2.31. The Morgan fingerprint density at radius 2 is 1.43 bits per heavy atom. The monoisotopic (exact) mass is 187 g/mol. The van der Waals surface area contributed by atoms with E-state index >= 15 is 0 Å². The summed E-state index contributed by atoms with van der Waals surface area (Å²) >= 11 is 0. The second-order valence-electron chi connectivity index (χ2n) is 4.65. The van der Waals surface area contributed by atoms with Gasteiger partial charge in [0.25, 0.3) is 0 Å². The first-order chi connectivity index (χ1) is 6.93. The minimum atomic E-state index is 0.783. The molecule has 1 heteroatoms. The molecule has 1 heterocycles. The zero-order valence-electron chi connectivity index (χ0n) is 8.50. The van der Waals surface area contributed by atoms with E-state index in [1.54, 1.807) is 5.56 Å². The molecule has 0 unspecified atom stereocenters. The lowest BCUT2D eigenvalue weighted by Crippen LogP contribution is -2.39. The number of nitrogens with one attached hydrogen (secondary N) is 1. The molecule has 74 valence electrons. The van der Waals surface area contributed by atoms with Gasteiger partial charge in [0.05, 0.1) is 0 Å². The Bertz CT molecular complexity index is 274. The maximum atomic E-state index is 3.32. The van der Waals surface area contributed by atoms with Gasteiger partial charge in [0.2, 0.25) is 0 Å². The van der Waals surface area contributed by atoms with Crippen molar-refractivity contribution in [3.05, 3.63) is 35.4 Å². The second-order valence-corrected chi connectivity index (χ2v) is 4.65. The van der Waals surface area contributed by atoms with Crippen molar-refractivity contribution in [2.75, 3.05) is 13.1 Å². The van der Waals surface area contributed by atoms with Gasteiger partial charge in [0, 0.05) is 19.0 Å². The summed E-state index contributed by atoms with van der Waals surface area (Å²) in [4.78, 5) is 0. The lowest BCUT2D eigenvalue weighted by Gasteiger charge is -2.29. The quantitative estimate of drug-likeness (QED) is 0.750. The number of rotatable bonds is 2. The van der Waals surface area contributed by atoms with Gasteiger partial charge in [0.1, 0.15) is 0 Å². The molecule has 0 bridgehead atoms. The van der Waals surface area contributed by atoms with Crippen LogP contribution in [0, 0.1) is 0 Å². The van der Waals surface area contributed by atoms with Crippen LogP contribution in [0.5, 0.6) is 0 Å². The molecule has 1 saturated carbocycles. The SMILES string of the molecule is c1cc(C2CNC2)ccc1C1CCC1. The van der Waals surface area contributed by atoms with E-state index in [1.807, 2.05) is 0 Å². The smallest absolute Gasteiger partial charge is 0.00885 e. The summed E-state index contributed by atoms with van der Waals surface area (Å²) in [5.74, 6) is 1.66. The highest BCUT2D eigenvalue weighted by Crippen LogP contribution is 2.36. The van der Waals surface area contributed by atoms with E-state index in [0.717, 1.165) is 11.8 Å². The summed E-state index contributed by atoms with van der Waals surface area (Å²) < 4.78 is 0. The molecule has 3 rings (SSSR count). The summed E-state index contributed by atoms with van der Waals surface area (Å²) in [7, 11) is 0. The molecule has 1 nitrogen and oxygen atoms in total. The van der Waals surface area contributed by atoms with Crippen molar-refractivity contribution >= 4 is 0 Å². The van der Waals surface area contributed by atoms with Crippen LogP contribution in [0.4, 0.5) is 0 Å². The first-order valence-electron chi connectivity index (χ1n) is 5.74. The maximum Gasteiger partial charge on any atom is 0.00885 e. The van der Waals surface area contributed by atoms with Crippen LogP contribution in [-0.4, -0.2) is 13.1 Å². The lowest BCUT2D eigenvalue weighted by molar-refractivity contribution is 0.418. The third-order valence-electron chi connectivity index (χ3n) is 3.77.